The molecular weight excluding hydrogens is 675 g/mol. The summed E-state index contributed by atoms with van der Waals surface area (Å²) in [5.41, 5.74) is 5.04. The quantitative estimate of drug-likeness (QED) is 0.184. The van der Waals surface area contributed by atoms with E-state index >= 15 is 0 Å². The maximum atomic E-state index is 13.6. The van der Waals surface area contributed by atoms with E-state index in [1.165, 1.54) is 28.1 Å². The average molecular weight is 715 g/mol. The van der Waals surface area contributed by atoms with E-state index in [2.05, 4.69) is 50.1 Å². The van der Waals surface area contributed by atoms with Crippen LogP contribution in [0.5, 0.6) is 5.75 Å². The Bertz CT molecular complexity index is 2040. The lowest BCUT2D eigenvalue weighted by Crippen LogP contribution is -2.44. The summed E-state index contributed by atoms with van der Waals surface area (Å²) in [6, 6.07) is 12.6. The smallest absolute Gasteiger partial charge is 0.236 e. The van der Waals surface area contributed by atoms with Gasteiger partial charge in [0.1, 0.15) is 35.1 Å². The van der Waals surface area contributed by atoms with Gasteiger partial charge < -0.3 is 19.9 Å². The first-order valence-corrected chi connectivity index (χ1v) is 18.4. The van der Waals surface area contributed by atoms with Crippen molar-refractivity contribution in [1.82, 2.24) is 34.4 Å². The lowest BCUT2D eigenvalue weighted by molar-refractivity contribution is -0.133. The number of halogens is 2. The number of benzene rings is 2. The lowest BCUT2D eigenvalue weighted by Gasteiger charge is -2.33. The van der Waals surface area contributed by atoms with Gasteiger partial charge in [-0.15, -0.1) is 11.3 Å². The molecule has 13 heteroatoms. The van der Waals surface area contributed by atoms with E-state index in [0.29, 0.717) is 23.4 Å². The van der Waals surface area contributed by atoms with Crippen molar-refractivity contribution in [2.24, 2.45) is 0 Å². The number of nitrogens with zero attached hydrogens (tertiary/aromatic N) is 7. The number of rotatable bonds is 9. The van der Waals surface area contributed by atoms with Gasteiger partial charge in [0, 0.05) is 54.5 Å². The molecule has 2 saturated heterocycles. The van der Waals surface area contributed by atoms with E-state index in [1.54, 1.807) is 29.8 Å². The Hall–Kier alpha value is -4.10. The molecule has 5 heterocycles. The SMILES string of the molecule is CN(C)[C@H]1CCN(CC(=O)N2CCC(n3cc4c(n3)CCc3c-4sc4ncnc(Nc5ccc(OCc6cccc(F)c6)c(Cl)c5)c34)CC2)C1. The minimum atomic E-state index is -0.301. The number of anilines is 2. The van der Waals surface area contributed by atoms with E-state index in [4.69, 9.17) is 21.4 Å². The third-order valence-electron chi connectivity index (χ3n) is 10.3. The number of aryl methyl sites for hydroxylation is 2. The minimum Gasteiger partial charge on any atom is -0.487 e. The fourth-order valence-corrected chi connectivity index (χ4v) is 8.90. The highest BCUT2D eigenvalue weighted by atomic mass is 35.5. The van der Waals surface area contributed by atoms with Crippen LogP contribution in [-0.2, 0) is 24.2 Å². The Morgan fingerprint density at radius 1 is 1.10 bits per heavy atom. The van der Waals surface area contributed by atoms with E-state index in [1.807, 2.05) is 23.1 Å². The highest BCUT2D eigenvalue weighted by Crippen LogP contribution is 2.46. The van der Waals surface area contributed by atoms with Crippen LogP contribution in [0.15, 0.2) is 55.0 Å². The molecule has 2 fully saturated rings. The number of likely N-dealkylation sites (N-methyl/N-ethyl adjacent to an activating group) is 1. The molecule has 3 aromatic heterocycles. The second-order valence-corrected chi connectivity index (χ2v) is 15.1. The first kappa shape index (κ1) is 33.1. The summed E-state index contributed by atoms with van der Waals surface area (Å²) in [4.78, 5) is 31.1. The summed E-state index contributed by atoms with van der Waals surface area (Å²) >= 11 is 8.28. The van der Waals surface area contributed by atoms with Crippen LogP contribution in [0.1, 0.15) is 42.1 Å². The van der Waals surface area contributed by atoms with Crippen LogP contribution < -0.4 is 10.1 Å². The fraction of sp³-hybridized carbons (Fsp3) is 0.405. The van der Waals surface area contributed by atoms with Crippen LogP contribution in [0.25, 0.3) is 20.7 Å². The van der Waals surface area contributed by atoms with Crippen LogP contribution in [0.2, 0.25) is 5.02 Å². The molecule has 5 aromatic rings. The largest absolute Gasteiger partial charge is 0.487 e. The molecule has 2 aromatic carbocycles. The molecule has 1 atom stereocenters. The number of thiophene rings is 1. The van der Waals surface area contributed by atoms with E-state index < -0.39 is 0 Å². The van der Waals surface area contributed by atoms with Crippen molar-refractivity contribution in [3.63, 3.8) is 0 Å². The minimum absolute atomic E-state index is 0.214. The summed E-state index contributed by atoms with van der Waals surface area (Å²) < 4.78 is 21.6. The maximum Gasteiger partial charge on any atom is 0.236 e. The molecule has 0 saturated carbocycles. The van der Waals surface area contributed by atoms with Crippen LogP contribution >= 0.6 is 22.9 Å². The Morgan fingerprint density at radius 3 is 2.74 bits per heavy atom. The van der Waals surface area contributed by atoms with Gasteiger partial charge in [-0.25, -0.2) is 14.4 Å². The van der Waals surface area contributed by atoms with Gasteiger partial charge in [0.2, 0.25) is 5.91 Å². The number of ether oxygens (including phenoxy) is 1. The standard InChI is InChI=1S/C37H40ClFN8O2S/c1-44(2)27-10-13-45(18-27)20-33(48)46-14-11-26(12-15-46)47-19-29-31(43-47)8-7-28-34-36(40-22-41-37(34)50-35(28)29)42-25-6-9-32(30(38)17-25)49-21-23-4-3-5-24(39)16-23/h3-6,9,16-17,19,22,26-27H,7-8,10-15,18,20-21H2,1-2H3,(H,40,41,42)/t27-/m0/s1. The summed E-state index contributed by atoms with van der Waals surface area (Å²) in [5, 5.41) is 10.0. The Kier molecular flexibility index (Phi) is 9.19. The van der Waals surface area contributed by atoms with Crippen molar-refractivity contribution in [3.05, 3.63) is 82.6 Å². The predicted octanol–water partition coefficient (Wildman–Crippen LogP) is 6.57. The van der Waals surface area contributed by atoms with Crippen LogP contribution in [0, 0.1) is 5.82 Å². The molecule has 1 amide bonds. The van der Waals surface area contributed by atoms with E-state index in [0.717, 1.165) is 91.3 Å². The Morgan fingerprint density at radius 2 is 1.96 bits per heavy atom. The van der Waals surface area contributed by atoms with Gasteiger partial charge in [0.15, 0.2) is 0 Å². The highest BCUT2D eigenvalue weighted by Gasteiger charge is 2.31. The molecule has 0 unspecified atom stereocenters. The predicted molar refractivity (Wildman–Crippen MR) is 195 cm³/mol. The number of carbonyl (C=O) groups excluding carboxylic acids is 1. The van der Waals surface area contributed by atoms with Crippen molar-refractivity contribution < 1.29 is 13.9 Å². The number of likely N-dealkylation sites (tertiary alicyclic amines) is 2. The second kappa shape index (κ2) is 13.9. The summed E-state index contributed by atoms with van der Waals surface area (Å²) in [7, 11) is 4.24. The number of hydrogen-bond acceptors (Lipinski definition) is 9. The van der Waals surface area contributed by atoms with Gasteiger partial charge in [-0.3, -0.25) is 14.4 Å². The topological polar surface area (TPSA) is 91.7 Å². The maximum absolute atomic E-state index is 13.6. The summed E-state index contributed by atoms with van der Waals surface area (Å²) in [5.74, 6) is 1.20. The van der Waals surface area contributed by atoms with Gasteiger partial charge in [0.05, 0.1) is 28.7 Å². The number of nitrogens with one attached hydrogen (secondary N) is 1. The van der Waals surface area contributed by atoms with Crippen molar-refractivity contribution >= 4 is 50.6 Å². The third kappa shape index (κ3) is 6.69. The molecule has 3 aliphatic rings. The first-order valence-electron chi connectivity index (χ1n) is 17.2. The molecule has 0 bridgehead atoms. The Labute approximate surface area is 299 Å². The summed E-state index contributed by atoms with van der Waals surface area (Å²) in [6.45, 7) is 4.22. The second-order valence-electron chi connectivity index (χ2n) is 13.7. The zero-order valence-corrected chi connectivity index (χ0v) is 29.8. The van der Waals surface area contributed by atoms with E-state index in [9.17, 15) is 9.18 Å². The molecule has 50 heavy (non-hydrogen) atoms. The lowest BCUT2D eigenvalue weighted by atomic mass is 9.95. The number of aromatic nitrogens is 4. The summed E-state index contributed by atoms with van der Waals surface area (Å²) in [6.07, 6.45) is 8.43. The van der Waals surface area contributed by atoms with Gasteiger partial charge in [-0.05, 0) is 87.7 Å². The van der Waals surface area contributed by atoms with E-state index in [-0.39, 0.29) is 24.4 Å². The zero-order chi connectivity index (χ0) is 34.4. The number of hydrogen-bond donors (Lipinski definition) is 1. The van der Waals surface area contributed by atoms with Gasteiger partial charge in [0.25, 0.3) is 0 Å². The van der Waals surface area contributed by atoms with Gasteiger partial charge in [-0.1, -0.05) is 23.7 Å². The monoisotopic (exact) mass is 714 g/mol. The Balaban J connectivity index is 0.941. The van der Waals surface area contributed by atoms with Crippen LogP contribution in [0.4, 0.5) is 15.9 Å². The number of fused-ring (bicyclic) bond motifs is 5. The van der Waals surface area contributed by atoms with Gasteiger partial charge in [-0.2, -0.15) is 5.10 Å². The molecule has 0 radical (unpaired) electrons. The van der Waals surface area contributed by atoms with Crippen LogP contribution in [-0.4, -0.2) is 93.2 Å². The van der Waals surface area contributed by atoms with Crippen molar-refractivity contribution in [2.45, 2.75) is 50.8 Å². The number of piperidine rings is 1. The first-order chi connectivity index (χ1) is 24.3. The fourth-order valence-electron chi connectivity index (χ4n) is 7.44. The molecule has 2 aliphatic heterocycles. The molecule has 260 valence electrons. The molecule has 10 nitrogen and oxygen atoms in total. The zero-order valence-electron chi connectivity index (χ0n) is 28.2. The molecule has 8 rings (SSSR count). The molecular formula is C37H40ClFN8O2S. The number of carbonyl (C=O) groups is 1. The van der Waals surface area contributed by atoms with Crippen LogP contribution in [0.3, 0.4) is 0 Å². The molecule has 1 aliphatic carbocycles. The normalized spacial score (nSPS) is 18.1. The van der Waals surface area contributed by atoms with Crippen molar-refractivity contribution in [3.8, 4) is 16.2 Å². The number of amides is 1. The third-order valence-corrected chi connectivity index (χ3v) is 11.7. The van der Waals surface area contributed by atoms with Crippen molar-refractivity contribution in [1.29, 1.82) is 0 Å². The van der Waals surface area contributed by atoms with Gasteiger partial charge >= 0.3 is 0 Å². The average Bonchev–Trinajstić information content (AvgIpc) is 3.85. The molecule has 1 N–H and O–H groups in total. The van der Waals surface area contributed by atoms with Crippen molar-refractivity contribution in [2.75, 3.05) is 52.1 Å². The highest BCUT2D eigenvalue weighted by molar-refractivity contribution is 7.22. The molecule has 0 spiro atoms.